The first-order chi connectivity index (χ1) is 8.33. The molecule has 1 aliphatic rings. The molecule has 0 aromatic heterocycles. The summed E-state index contributed by atoms with van der Waals surface area (Å²) in [5.74, 6) is 0. The van der Waals surface area contributed by atoms with Crippen molar-refractivity contribution in [2.24, 2.45) is 0 Å². The summed E-state index contributed by atoms with van der Waals surface area (Å²) in [7, 11) is 0. The Bertz CT molecular complexity index is 335. The summed E-state index contributed by atoms with van der Waals surface area (Å²) < 4.78 is 0. The summed E-state index contributed by atoms with van der Waals surface area (Å²) in [6.45, 7) is 5.63. The molecule has 3 heteroatoms. The molecule has 1 fully saturated rings. The summed E-state index contributed by atoms with van der Waals surface area (Å²) in [6, 6.07) is 9.60. The Balaban J connectivity index is 2.00. The fraction of sp³-hybridized carbons (Fsp3) is 0.571. The number of thioether (sulfide) groups is 1. The highest BCUT2D eigenvalue weighted by Gasteiger charge is 2.18. The largest absolute Gasteiger partial charge is 0.369 e. The predicted molar refractivity (Wildman–Crippen MR) is 77.1 cm³/mol. The van der Waals surface area contributed by atoms with Gasteiger partial charge in [-0.25, -0.2) is 0 Å². The van der Waals surface area contributed by atoms with Gasteiger partial charge in [-0.1, -0.05) is 13.3 Å². The molecule has 1 aromatic rings. The molecule has 1 unspecified atom stereocenters. The first-order valence-electron chi connectivity index (χ1n) is 6.46. The van der Waals surface area contributed by atoms with Crippen molar-refractivity contribution >= 4 is 17.4 Å². The molecule has 2 nitrogen and oxygen atoms in total. The van der Waals surface area contributed by atoms with Gasteiger partial charge in [0.25, 0.3) is 0 Å². The number of rotatable bonds is 4. The molecule has 94 valence electrons. The van der Waals surface area contributed by atoms with Crippen LogP contribution in [0.15, 0.2) is 29.2 Å². The molecule has 1 atom stereocenters. The molecule has 0 spiro atoms. The van der Waals surface area contributed by atoms with Gasteiger partial charge in [0.05, 0.1) is 0 Å². The number of anilines is 1. The Morgan fingerprint density at radius 3 is 2.76 bits per heavy atom. The van der Waals surface area contributed by atoms with Crippen molar-refractivity contribution in [3.05, 3.63) is 24.3 Å². The number of hydrogen-bond acceptors (Lipinski definition) is 3. The second kappa shape index (κ2) is 6.31. The monoisotopic (exact) mass is 250 g/mol. The second-order valence-corrected chi connectivity index (χ2v) is 5.46. The topological polar surface area (TPSA) is 15.3 Å². The van der Waals surface area contributed by atoms with Gasteiger partial charge in [-0.15, -0.1) is 11.8 Å². The van der Waals surface area contributed by atoms with Gasteiger partial charge in [0.1, 0.15) is 0 Å². The van der Waals surface area contributed by atoms with E-state index in [1.165, 1.54) is 23.4 Å². The van der Waals surface area contributed by atoms with Gasteiger partial charge in [-0.05, 0) is 36.9 Å². The van der Waals surface area contributed by atoms with E-state index in [1.54, 1.807) is 11.8 Å². The van der Waals surface area contributed by atoms with E-state index in [4.69, 9.17) is 0 Å². The fourth-order valence-electron chi connectivity index (χ4n) is 2.39. The van der Waals surface area contributed by atoms with E-state index in [9.17, 15) is 0 Å². The third kappa shape index (κ3) is 3.39. The number of benzene rings is 1. The molecular weight excluding hydrogens is 228 g/mol. The lowest BCUT2D eigenvalue weighted by Gasteiger charge is -2.35. The zero-order chi connectivity index (χ0) is 12.1. The Kier molecular flexibility index (Phi) is 4.75. The number of nitrogens with one attached hydrogen (secondary N) is 1. The van der Waals surface area contributed by atoms with Crippen LogP contribution in [0.25, 0.3) is 0 Å². The van der Waals surface area contributed by atoms with Gasteiger partial charge in [-0.3, -0.25) is 0 Å². The van der Waals surface area contributed by atoms with Crippen molar-refractivity contribution in [3.8, 4) is 0 Å². The van der Waals surface area contributed by atoms with Gasteiger partial charge in [0.2, 0.25) is 0 Å². The van der Waals surface area contributed by atoms with E-state index in [-0.39, 0.29) is 0 Å². The Hall–Kier alpha value is -0.670. The normalized spacial score (nSPS) is 20.6. The summed E-state index contributed by atoms with van der Waals surface area (Å²) in [5.41, 5.74) is 1.37. The molecule has 0 saturated carbocycles. The van der Waals surface area contributed by atoms with Gasteiger partial charge in [0, 0.05) is 36.3 Å². The van der Waals surface area contributed by atoms with E-state index >= 15 is 0 Å². The van der Waals surface area contributed by atoms with Crippen LogP contribution in [-0.4, -0.2) is 31.9 Å². The van der Waals surface area contributed by atoms with Crippen LogP contribution in [0.2, 0.25) is 0 Å². The molecular formula is C14H22N2S. The standard InChI is InChI=1S/C14H22N2S/c1-3-4-12-11-16(10-9-15-12)13-5-7-14(17-2)8-6-13/h5-8,12,15H,3-4,9-11H2,1-2H3. The van der Waals surface area contributed by atoms with Crippen LogP contribution >= 0.6 is 11.8 Å². The second-order valence-electron chi connectivity index (χ2n) is 4.58. The third-order valence-electron chi connectivity index (χ3n) is 3.33. The maximum atomic E-state index is 3.60. The predicted octanol–water partition coefficient (Wildman–Crippen LogP) is 2.99. The van der Waals surface area contributed by atoms with E-state index in [1.807, 2.05) is 0 Å². The van der Waals surface area contributed by atoms with Crippen LogP contribution in [0.5, 0.6) is 0 Å². The van der Waals surface area contributed by atoms with Crippen molar-refractivity contribution in [2.45, 2.75) is 30.7 Å². The minimum absolute atomic E-state index is 0.661. The quantitative estimate of drug-likeness (QED) is 0.827. The maximum Gasteiger partial charge on any atom is 0.0367 e. The van der Waals surface area contributed by atoms with Crippen LogP contribution in [0.4, 0.5) is 5.69 Å². The van der Waals surface area contributed by atoms with Gasteiger partial charge < -0.3 is 10.2 Å². The molecule has 1 aromatic carbocycles. The van der Waals surface area contributed by atoms with Crippen molar-refractivity contribution in [1.82, 2.24) is 5.32 Å². The van der Waals surface area contributed by atoms with Crippen LogP contribution in [0.3, 0.4) is 0 Å². The van der Waals surface area contributed by atoms with Gasteiger partial charge >= 0.3 is 0 Å². The minimum atomic E-state index is 0.661. The molecule has 0 amide bonds. The summed E-state index contributed by atoms with van der Waals surface area (Å²) >= 11 is 1.80. The molecule has 1 saturated heterocycles. The first-order valence-corrected chi connectivity index (χ1v) is 7.68. The Morgan fingerprint density at radius 1 is 1.35 bits per heavy atom. The van der Waals surface area contributed by atoms with E-state index in [0.717, 1.165) is 19.6 Å². The van der Waals surface area contributed by atoms with Gasteiger partial charge in [-0.2, -0.15) is 0 Å². The lowest BCUT2D eigenvalue weighted by atomic mass is 10.1. The summed E-state index contributed by atoms with van der Waals surface area (Å²) in [5, 5.41) is 3.60. The molecule has 1 N–H and O–H groups in total. The lowest BCUT2D eigenvalue weighted by molar-refractivity contribution is 0.431. The lowest BCUT2D eigenvalue weighted by Crippen LogP contribution is -2.50. The highest BCUT2D eigenvalue weighted by Crippen LogP contribution is 2.21. The van der Waals surface area contributed by atoms with Crippen LogP contribution in [0, 0.1) is 0 Å². The summed E-state index contributed by atoms with van der Waals surface area (Å²) in [4.78, 5) is 3.84. The highest BCUT2D eigenvalue weighted by molar-refractivity contribution is 7.98. The van der Waals surface area contributed by atoms with E-state index in [2.05, 4.69) is 47.7 Å². The van der Waals surface area contributed by atoms with Crippen LogP contribution in [0.1, 0.15) is 19.8 Å². The van der Waals surface area contributed by atoms with Gasteiger partial charge in [0.15, 0.2) is 0 Å². The number of piperazine rings is 1. The zero-order valence-electron chi connectivity index (χ0n) is 10.8. The Labute approximate surface area is 109 Å². The SMILES string of the molecule is CCCC1CN(c2ccc(SC)cc2)CCN1. The van der Waals surface area contributed by atoms with E-state index < -0.39 is 0 Å². The molecule has 0 aliphatic carbocycles. The molecule has 2 rings (SSSR count). The highest BCUT2D eigenvalue weighted by atomic mass is 32.2. The van der Waals surface area contributed by atoms with Crippen LogP contribution < -0.4 is 10.2 Å². The fourth-order valence-corrected chi connectivity index (χ4v) is 2.80. The van der Waals surface area contributed by atoms with Crippen LogP contribution in [-0.2, 0) is 0 Å². The third-order valence-corrected chi connectivity index (χ3v) is 4.07. The molecule has 0 radical (unpaired) electrons. The average molecular weight is 250 g/mol. The molecule has 1 aliphatic heterocycles. The molecule has 0 bridgehead atoms. The number of hydrogen-bond donors (Lipinski definition) is 1. The van der Waals surface area contributed by atoms with Crippen molar-refractivity contribution in [1.29, 1.82) is 0 Å². The van der Waals surface area contributed by atoms with E-state index in [0.29, 0.717) is 6.04 Å². The first kappa shape index (κ1) is 12.8. The zero-order valence-corrected chi connectivity index (χ0v) is 11.6. The average Bonchev–Trinajstić information content (AvgIpc) is 2.40. The maximum absolute atomic E-state index is 3.60. The minimum Gasteiger partial charge on any atom is -0.369 e. The van der Waals surface area contributed by atoms with Crippen molar-refractivity contribution in [3.63, 3.8) is 0 Å². The number of nitrogens with zero attached hydrogens (tertiary/aromatic N) is 1. The van der Waals surface area contributed by atoms with Crippen molar-refractivity contribution in [2.75, 3.05) is 30.8 Å². The summed E-state index contributed by atoms with van der Waals surface area (Å²) in [6.07, 6.45) is 4.66. The molecule has 1 heterocycles. The molecule has 17 heavy (non-hydrogen) atoms. The Morgan fingerprint density at radius 2 is 2.12 bits per heavy atom. The smallest absolute Gasteiger partial charge is 0.0367 e. The van der Waals surface area contributed by atoms with Crippen molar-refractivity contribution < 1.29 is 0 Å².